The van der Waals surface area contributed by atoms with Crippen LogP contribution in [0.4, 0.5) is 5.69 Å². The topological polar surface area (TPSA) is 75.4 Å². The van der Waals surface area contributed by atoms with Gasteiger partial charge in [0, 0.05) is 19.1 Å². The Morgan fingerprint density at radius 1 is 1.42 bits per heavy atom. The lowest BCUT2D eigenvalue weighted by molar-refractivity contribution is 0.270. The average Bonchev–Trinajstić information content (AvgIpc) is 2.38. The van der Waals surface area contributed by atoms with Gasteiger partial charge in [0.1, 0.15) is 0 Å². The molecule has 0 amide bonds. The largest absolute Gasteiger partial charge is 0.326 e. The van der Waals surface area contributed by atoms with Gasteiger partial charge in [0.05, 0.1) is 5.69 Å². The highest BCUT2D eigenvalue weighted by Gasteiger charge is 2.29. The first-order chi connectivity index (χ1) is 9.03. The summed E-state index contributed by atoms with van der Waals surface area (Å²) in [5.41, 5.74) is 7.04. The van der Waals surface area contributed by atoms with Gasteiger partial charge in [-0.3, -0.25) is 4.72 Å². The third-order valence-electron chi connectivity index (χ3n) is 3.46. The molecule has 0 radical (unpaired) electrons. The van der Waals surface area contributed by atoms with E-state index in [4.69, 9.17) is 5.73 Å². The molecule has 0 aliphatic carbocycles. The number of benzene rings is 1. The maximum atomic E-state index is 12.3. The molecule has 1 fully saturated rings. The van der Waals surface area contributed by atoms with Crippen LogP contribution >= 0.6 is 0 Å². The fourth-order valence-electron chi connectivity index (χ4n) is 2.40. The third-order valence-corrected chi connectivity index (χ3v) is 5.11. The summed E-state index contributed by atoms with van der Waals surface area (Å²) in [7, 11) is -3.47. The highest BCUT2D eigenvalue weighted by molar-refractivity contribution is 7.90. The maximum Gasteiger partial charge on any atom is 0.301 e. The molecule has 1 heterocycles. The van der Waals surface area contributed by atoms with E-state index in [1.54, 1.807) is 22.5 Å². The van der Waals surface area contributed by atoms with Gasteiger partial charge >= 0.3 is 10.2 Å². The summed E-state index contributed by atoms with van der Waals surface area (Å²) in [6, 6.07) is 7.25. The van der Waals surface area contributed by atoms with Crippen LogP contribution in [0.5, 0.6) is 0 Å². The SMILES string of the molecule is CC1CCCCN1S(=O)(=O)Nc1cccc(CN)c1. The van der Waals surface area contributed by atoms with Gasteiger partial charge in [0.2, 0.25) is 0 Å². The second-order valence-corrected chi connectivity index (χ2v) is 6.59. The predicted molar refractivity (Wildman–Crippen MR) is 76.9 cm³/mol. The molecule has 6 heteroatoms. The second-order valence-electron chi connectivity index (χ2n) is 4.97. The first-order valence-corrected chi connectivity index (χ1v) is 8.05. The van der Waals surface area contributed by atoms with Crippen LogP contribution in [0.2, 0.25) is 0 Å². The molecule has 19 heavy (non-hydrogen) atoms. The smallest absolute Gasteiger partial charge is 0.301 e. The number of nitrogens with one attached hydrogen (secondary N) is 1. The van der Waals surface area contributed by atoms with Crippen molar-refractivity contribution in [2.75, 3.05) is 11.3 Å². The van der Waals surface area contributed by atoms with Gasteiger partial charge < -0.3 is 5.73 Å². The van der Waals surface area contributed by atoms with Crippen molar-refractivity contribution in [2.45, 2.75) is 38.8 Å². The minimum absolute atomic E-state index is 0.0592. The minimum Gasteiger partial charge on any atom is -0.326 e. The average molecular weight is 283 g/mol. The van der Waals surface area contributed by atoms with E-state index < -0.39 is 10.2 Å². The van der Waals surface area contributed by atoms with Crippen LogP contribution in [-0.4, -0.2) is 25.3 Å². The zero-order valence-electron chi connectivity index (χ0n) is 11.2. The number of anilines is 1. The Balaban J connectivity index is 2.15. The number of nitrogens with two attached hydrogens (primary N) is 1. The molecule has 1 unspecified atom stereocenters. The van der Waals surface area contributed by atoms with Gasteiger partial charge in [-0.1, -0.05) is 18.6 Å². The molecule has 0 bridgehead atoms. The lowest BCUT2D eigenvalue weighted by atomic mass is 10.1. The number of hydrogen-bond donors (Lipinski definition) is 2. The van der Waals surface area contributed by atoms with Crippen LogP contribution in [0.15, 0.2) is 24.3 Å². The van der Waals surface area contributed by atoms with Crippen LogP contribution in [0.25, 0.3) is 0 Å². The molecule has 3 N–H and O–H groups in total. The van der Waals surface area contributed by atoms with Crippen molar-refractivity contribution in [3.63, 3.8) is 0 Å². The molecule has 2 rings (SSSR count). The molecule has 0 spiro atoms. The van der Waals surface area contributed by atoms with Crippen molar-refractivity contribution in [3.8, 4) is 0 Å². The van der Waals surface area contributed by atoms with E-state index in [1.807, 2.05) is 13.0 Å². The number of nitrogens with zero attached hydrogens (tertiary/aromatic N) is 1. The molecule has 1 aromatic rings. The van der Waals surface area contributed by atoms with Crippen molar-refractivity contribution in [2.24, 2.45) is 5.73 Å². The fraction of sp³-hybridized carbons (Fsp3) is 0.538. The maximum absolute atomic E-state index is 12.3. The van der Waals surface area contributed by atoms with Crippen molar-refractivity contribution < 1.29 is 8.42 Å². The molecule has 1 atom stereocenters. The van der Waals surface area contributed by atoms with Crippen LogP contribution in [0.3, 0.4) is 0 Å². The molecule has 1 aromatic carbocycles. The molecular formula is C13H21N3O2S. The quantitative estimate of drug-likeness (QED) is 0.882. The van der Waals surface area contributed by atoms with Crippen LogP contribution in [-0.2, 0) is 16.8 Å². The van der Waals surface area contributed by atoms with Gasteiger partial charge in [0.25, 0.3) is 0 Å². The summed E-state index contributed by atoms with van der Waals surface area (Å²) >= 11 is 0. The summed E-state index contributed by atoms with van der Waals surface area (Å²) in [5.74, 6) is 0. The highest BCUT2D eigenvalue weighted by Crippen LogP contribution is 2.22. The fourth-order valence-corrected chi connectivity index (χ4v) is 3.89. The number of hydrogen-bond acceptors (Lipinski definition) is 3. The Morgan fingerprint density at radius 2 is 2.21 bits per heavy atom. The van der Waals surface area contributed by atoms with Crippen LogP contribution in [0, 0.1) is 0 Å². The molecule has 1 saturated heterocycles. The molecule has 0 saturated carbocycles. The Kier molecular flexibility index (Phi) is 4.44. The summed E-state index contributed by atoms with van der Waals surface area (Å²) in [5, 5.41) is 0. The molecular weight excluding hydrogens is 262 g/mol. The standard InChI is InChI=1S/C13H21N3O2S/c1-11-5-2-3-8-16(11)19(17,18)15-13-7-4-6-12(9-13)10-14/h4,6-7,9,11,15H,2-3,5,8,10,14H2,1H3. The zero-order valence-corrected chi connectivity index (χ0v) is 12.0. The molecule has 1 aliphatic rings. The van der Waals surface area contributed by atoms with Gasteiger partial charge in [-0.25, -0.2) is 0 Å². The third kappa shape index (κ3) is 3.46. The van der Waals surface area contributed by atoms with Crippen molar-refractivity contribution in [3.05, 3.63) is 29.8 Å². The number of rotatable bonds is 4. The molecule has 0 aromatic heterocycles. The molecule has 5 nitrogen and oxygen atoms in total. The number of piperidine rings is 1. The summed E-state index contributed by atoms with van der Waals surface area (Å²) in [6.07, 6.45) is 2.94. The minimum atomic E-state index is -3.47. The van der Waals surface area contributed by atoms with Gasteiger partial charge in [-0.05, 0) is 37.5 Å². The van der Waals surface area contributed by atoms with E-state index in [0.717, 1.165) is 24.8 Å². The Labute approximate surface area is 115 Å². The van der Waals surface area contributed by atoms with Crippen LogP contribution < -0.4 is 10.5 Å². The van der Waals surface area contributed by atoms with E-state index in [1.165, 1.54) is 0 Å². The summed E-state index contributed by atoms with van der Waals surface area (Å²) in [4.78, 5) is 0. The van der Waals surface area contributed by atoms with Crippen molar-refractivity contribution in [1.82, 2.24) is 4.31 Å². The predicted octanol–water partition coefficient (Wildman–Crippen LogP) is 1.68. The zero-order chi connectivity index (χ0) is 13.9. The van der Waals surface area contributed by atoms with Gasteiger partial charge in [0.15, 0.2) is 0 Å². The highest BCUT2D eigenvalue weighted by atomic mass is 32.2. The Bertz CT molecular complexity index is 530. The van der Waals surface area contributed by atoms with E-state index in [9.17, 15) is 8.42 Å². The summed E-state index contributed by atoms with van der Waals surface area (Å²) in [6.45, 7) is 2.94. The van der Waals surface area contributed by atoms with E-state index in [2.05, 4.69) is 4.72 Å². The van der Waals surface area contributed by atoms with Crippen molar-refractivity contribution >= 4 is 15.9 Å². The first-order valence-electron chi connectivity index (χ1n) is 6.61. The lowest BCUT2D eigenvalue weighted by Crippen LogP contribution is -2.44. The van der Waals surface area contributed by atoms with E-state index in [0.29, 0.717) is 18.8 Å². The monoisotopic (exact) mass is 283 g/mol. The molecule has 1 aliphatic heterocycles. The lowest BCUT2D eigenvalue weighted by Gasteiger charge is -2.32. The van der Waals surface area contributed by atoms with E-state index >= 15 is 0 Å². The first kappa shape index (κ1) is 14.3. The van der Waals surface area contributed by atoms with E-state index in [-0.39, 0.29) is 6.04 Å². The van der Waals surface area contributed by atoms with Crippen molar-refractivity contribution in [1.29, 1.82) is 0 Å². The van der Waals surface area contributed by atoms with Crippen LogP contribution in [0.1, 0.15) is 31.7 Å². The normalized spacial score (nSPS) is 21.3. The van der Waals surface area contributed by atoms with Gasteiger partial charge in [-0.15, -0.1) is 0 Å². The molecule has 106 valence electrons. The van der Waals surface area contributed by atoms with Gasteiger partial charge in [-0.2, -0.15) is 12.7 Å². The second kappa shape index (κ2) is 5.90. The summed E-state index contributed by atoms with van der Waals surface area (Å²) < 4.78 is 28.9. The Morgan fingerprint density at radius 3 is 2.89 bits per heavy atom. The Hall–Kier alpha value is -1.11.